The van der Waals surface area contributed by atoms with Gasteiger partial charge in [-0.05, 0) is 37.8 Å². The Morgan fingerprint density at radius 3 is 2.83 bits per heavy atom. The molecule has 0 spiro atoms. The van der Waals surface area contributed by atoms with Crippen molar-refractivity contribution in [2.24, 2.45) is 5.92 Å². The molecule has 1 fully saturated rings. The zero-order valence-corrected chi connectivity index (χ0v) is 16.9. The molecule has 0 aliphatic heterocycles. The van der Waals surface area contributed by atoms with Gasteiger partial charge in [-0.2, -0.15) is 5.10 Å². The second kappa shape index (κ2) is 8.06. The Kier molecular flexibility index (Phi) is 5.33. The van der Waals surface area contributed by atoms with Crippen LogP contribution in [0.3, 0.4) is 0 Å². The number of hydrogen-bond donors (Lipinski definition) is 2. The lowest BCUT2D eigenvalue weighted by Gasteiger charge is -2.21. The Morgan fingerprint density at radius 2 is 2.07 bits per heavy atom. The Bertz CT molecular complexity index is 1020. The minimum atomic E-state index is -0.296. The maximum Gasteiger partial charge on any atom is 0.327 e. The number of benzene rings is 1. The number of carbonyl (C=O) groups excluding carboxylic acids is 1. The summed E-state index contributed by atoms with van der Waals surface area (Å²) in [6.07, 6.45) is 7.84. The monoisotopic (exact) mass is 393 g/mol. The van der Waals surface area contributed by atoms with E-state index in [1.165, 1.54) is 43.3 Å². The van der Waals surface area contributed by atoms with Crippen LogP contribution in [-0.4, -0.2) is 32.8 Å². The van der Waals surface area contributed by atoms with Crippen LogP contribution in [0.4, 0.5) is 22.1 Å². The van der Waals surface area contributed by atoms with Crippen LogP contribution in [0.5, 0.6) is 0 Å². The fraction of sp³-hybridized carbons (Fsp3) is 0.429. The highest BCUT2D eigenvalue weighted by Crippen LogP contribution is 2.30. The molecule has 1 aliphatic carbocycles. The van der Waals surface area contributed by atoms with Gasteiger partial charge in [0.15, 0.2) is 0 Å². The predicted molar refractivity (Wildman–Crippen MR) is 115 cm³/mol. The molecular formula is C21H27N7O. The van der Waals surface area contributed by atoms with Gasteiger partial charge in [0, 0.05) is 25.0 Å². The number of rotatable bonds is 4. The van der Waals surface area contributed by atoms with Gasteiger partial charge in [0.2, 0.25) is 0 Å². The van der Waals surface area contributed by atoms with Gasteiger partial charge in [-0.3, -0.25) is 9.58 Å². The molecule has 29 heavy (non-hydrogen) atoms. The van der Waals surface area contributed by atoms with E-state index >= 15 is 0 Å². The standard InChI is InChI=1S/C21H27N7O/c1-14-20-16(25-21(29)27(2)19-11-18(22)23-13-24-19)9-6-10-17(20)28(26-14)12-15-7-4-3-5-8-15/h6,9-11,13,15H,3-5,7-8,12H2,1-2H3,(H,25,29)(H2,22,23,24). The number of nitrogens with two attached hydrogens (primary N) is 1. The molecule has 0 atom stereocenters. The average molecular weight is 393 g/mol. The Balaban J connectivity index is 1.58. The van der Waals surface area contributed by atoms with Crippen molar-refractivity contribution in [1.82, 2.24) is 19.7 Å². The van der Waals surface area contributed by atoms with Gasteiger partial charge >= 0.3 is 6.03 Å². The molecule has 2 amide bonds. The highest BCUT2D eigenvalue weighted by molar-refractivity contribution is 6.07. The third kappa shape index (κ3) is 4.01. The van der Waals surface area contributed by atoms with Crippen molar-refractivity contribution < 1.29 is 4.79 Å². The number of aryl methyl sites for hydroxylation is 1. The van der Waals surface area contributed by atoms with E-state index < -0.39 is 0 Å². The number of fused-ring (bicyclic) bond motifs is 1. The molecule has 0 bridgehead atoms. The molecular weight excluding hydrogens is 366 g/mol. The zero-order chi connectivity index (χ0) is 20.4. The van der Waals surface area contributed by atoms with Crippen molar-refractivity contribution in [2.75, 3.05) is 23.0 Å². The van der Waals surface area contributed by atoms with Crippen LogP contribution in [-0.2, 0) is 6.54 Å². The van der Waals surface area contributed by atoms with Crippen molar-refractivity contribution in [2.45, 2.75) is 45.6 Å². The number of amides is 2. The third-order valence-electron chi connectivity index (χ3n) is 5.67. The summed E-state index contributed by atoms with van der Waals surface area (Å²) in [6.45, 7) is 2.92. The minimum Gasteiger partial charge on any atom is -0.384 e. The van der Waals surface area contributed by atoms with Crippen molar-refractivity contribution >= 4 is 34.3 Å². The van der Waals surface area contributed by atoms with Gasteiger partial charge in [0.1, 0.15) is 18.0 Å². The molecule has 2 heterocycles. The lowest BCUT2D eigenvalue weighted by atomic mass is 9.89. The van der Waals surface area contributed by atoms with E-state index in [0.717, 1.165) is 28.8 Å². The molecule has 8 heteroatoms. The van der Waals surface area contributed by atoms with Crippen LogP contribution >= 0.6 is 0 Å². The van der Waals surface area contributed by atoms with E-state index in [9.17, 15) is 4.79 Å². The highest BCUT2D eigenvalue weighted by atomic mass is 16.2. The first-order chi connectivity index (χ1) is 14.0. The Hall–Kier alpha value is -3.16. The maximum atomic E-state index is 12.8. The van der Waals surface area contributed by atoms with E-state index in [1.54, 1.807) is 13.1 Å². The molecule has 1 aromatic carbocycles. The summed E-state index contributed by atoms with van der Waals surface area (Å²) in [6, 6.07) is 7.20. The van der Waals surface area contributed by atoms with Gasteiger partial charge in [-0.15, -0.1) is 0 Å². The van der Waals surface area contributed by atoms with Gasteiger partial charge < -0.3 is 11.1 Å². The Labute approximate surface area is 170 Å². The van der Waals surface area contributed by atoms with Crippen LogP contribution in [0.15, 0.2) is 30.6 Å². The number of urea groups is 1. The van der Waals surface area contributed by atoms with E-state index in [-0.39, 0.29) is 6.03 Å². The van der Waals surface area contributed by atoms with E-state index in [1.807, 2.05) is 19.1 Å². The van der Waals surface area contributed by atoms with Gasteiger partial charge in [0.25, 0.3) is 0 Å². The summed E-state index contributed by atoms with van der Waals surface area (Å²) in [7, 11) is 1.65. The third-order valence-corrected chi connectivity index (χ3v) is 5.67. The largest absolute Gasteiger partial charge is 0.384 e. The first-order valence-electron chi connectivity index (χ1n) is 10.1. The second-order valence-corrected chi connectivity index (χ2v) is 7.76. The molecule has 1 aliphatic rings. The maximum absolute atomic E-state index is 12.8. The normalized spacial score (nSPS) is 14.8. The number of carbonyl (C=O) groups is 1. The van der Waals surface area contributed by atoms with Crippen LogP contribution in [0, 0.1) is 12.8 Å². The quantitative estimate of drug-likeness (QED) is 0.698. The minimum absolute atomic E-state index is 0.296. The fourth-order valence-electron chi connectivity index (χ4n) is 4.13. The topological polar surface area (TPSA) is 102 Å². The predicted octanol–water partition coefficient (Wildman–Crippen LogP) is 3.97. The lowest BCUT2D eigenvalue weighted by Crippen LogP contribution is -2.32. The van der Waals surface area contributed by atoms with Crippen molar-refractivity contribution in [3.8, 4) is 0 Å². The highest BCUT2D eigenvalue weighted by Gasteiger charge is 2.19. The molecule has 3 aromatic rings. The molecule has 4 rings (SSSR count). The molecule has 8 nitrogen and oxygen atoms in total. The van der Waals surface area contributed by atoms with Gasteiger partial charge in [-0.25, -0.2) is 14.8 Å². The van der Waals surface area contributed by atoms with Crippen molar-refractivity contribution in [3.63, 3.8) is 0 Å². The first-order valence-corrected chi connectivity index (χ1v) is 10.1. The molecule has 0 saturated heterocycles. The summed E-state index contributed by atoms with van der Waals surface area (Å²) < 4.78 is 2.10. The van der Waals surface area contributed by atoms with E-state index in [0.29, 0.717) is 17.6 Å². The van der Waals surface area contributed by atoms with Crippen molar-refractivity contribution in [1.29, 1.82) is 0 Å². The molecule has 2 aromatic heterocycles. The second-order valence-electron chi connectivity index (χ2n) is 7.76. The smallest absolute Gasteiger partial charge is 0.327 e. The SMILES string of the molecule is Cc1nn(CC2CCCCC2)c2cccc(NC(=O)N(C)c3cc(N)ncn3)c12. The number of hydrogen-bond acceptors (Lipinski definition) is 5. The molecule has 152 valence electrons. The molecule has 0 radical (unpaired) electrons. The molecule has 0 unspecified atom stereocenters. The lowest BCUT2D eigenvalue weighted by molar-refractivity contribution is 0.258. The zero-order valence-electron chi connectivity index (χ0n) is 16.9. The Morgan fingerprint density at radius 1 is 1.28 bits per heavy atom. The van der Waals surface area contributed by atoms with E-state index in [4.69, 9.17) is 10.8 Å². The van der Waals surface area contributed by atoms with Crippen LogP contribution < -0.4 is 16.0 Å². The fourth-order valence-corrected chi connectivity index (χ4v) is 4.13. The molecule has 3 N–H and O–H groups in total. The summed E-state index contributed by atoms with van der Waals surface area (Å²) >= 11 is 0. The van der Waals surface area contributed by atoms with Crippen molar-refractivity contribution in [3.05, 3.63) is 36.3 Å². The summed E-state index contributed by atoms with van der Waals surface area (Å²) in [5.74, 6) is 1.43. The van der Waals surface area contributed by atoms with Crippen LogP contribution in [0.1, 0.15) is 37.8 Å². The number of nitrogens with one attached hydrogen (secondary N) is 1. The van der Waals surface area contributed by atoms with Crippen LogP contribution in [0.2, 0.25) is 0 Å². The number of anilines is 3. The van der Waals surface area contributed by atoms with E-state index in [2.05, 4.69) is 26.0 Å². The summed E-state index contributed by atoms with van der Waals surface area (Å²) in [5, 5.41) is 8.75. The summed E-state index contributed by atoms with van der Waals surface area (Å²) in [5.41, 5.74) is 8.42. The first kappa shape index (κ1) is 19.2. The average Bonchev–Trinajstić information content (AvgIpc) is 3.04. The number of nitrogens with zero attached hydrogens (tertiary/aromatic N) is 5. The molecule has 1 saturated carbocycles. The van der Waals surface area contributed by atoms with Gasteiger partial charge in [-0.1, -0.05) is 25.3 Å². The van der Waals surface area contributed by atoms with Gasteiger partial charge in [0.05, 0.1) is 16.9 Å². The number of nitrogen functional groups attached to an aromatic ring is 1. The number of aromatic nitrogens is 4. The van der Waals surface area contributed by atoms with Crippen LogP contribution in [0.25, 0.3) is 10.9 Å². The summed E-state index contributed by atoms with van der Waals surface area (Å²) in [4.78, 5) is 22.2.